The van der Waals surface area contributed by atoms with E-state index in [1.165, 1.54) is 11.3 Å². The molecule has 2 amide bonds. The smallest absolute Gasteiger partial charge is 0.249 e. The fraction of sp³-hybridized carbons (Fsp3) is 0.158. The summed E-state index contributed by atoms with van der Waals surface area (Å²) < 4.78 is 1.02. The summed E-state index contributed by atoms with van der Waals surface area (Å²) in [5, 5.41) is 9.06. The van der Waals surface area contributed by atoms with Crippen LogP contribution < -0.4 is 16.0 Å². The highest BCUT2D eigenvalue weighted by Crippen LogP contribution is 2.25. The highest BCUT2D eigenvalue weighted by molar-refractivity contribution is 7.22. The van der Waals surface area contributed by atoms with E-state index in [0.717, 1.165) is 15.8 Å². The zero-order chi connectivity index (χ0) is 18.8. The van der Waals surface area contributed by atoms with E-state index in [0.29, 0.717) is 10.8 Å². The molecule has 7 nitrogen and oxygen atoms in total. The Kier molecular flexibility index (Phi) is 4.55. The summed E-state index contributed by atoms with van der Waals surface area (Å²) in [7, 11) is 0. The van der Waals surface area contributed by atoms with Crippen LogP contribution in [0.2, 0.25) is 0 Å². The van der Waals surface area contributed by atoms with Crippen LogP contribution in [0.15, 0.2) is 53.5 Å². The van der Waals surface area contributed by atoms with Crippen LogP contribution >= 0.6 is 11.3 Å². The molecule has 1 aliphatic rings. The molecule has 4 rings (SSSR count). The summed E-state index contributed by atoms with van der Waals surface area (Å²) in [6.07, 6.45) is 0.00270. The number of fused-ring (bicyclic) bond motifs is 1. The van der Waals surface area contributed by atoms with Crippen molar-refractivity contribution in [3.8, 4) is 0 Å². The van der Waals surface area contributed by atoms with Crippen molar-refractivity contribution in [2.75, 3.05) is 10.6 Å². The molecule has 136 valence electrons. The average molecular weight is 379 g/mol. The van der Waals surface area contributed by atoms with E-state index in [2.05, 4.69) is 25.9 Å². The molecule has 0 spiro atoms. The van der Waals surface area contributed by atoms with Crippen molar-refractivity contribution in [1.29, 1.82) is 0 Å². The summed E-state index contributed by atoms with van der Waals surface area (Å²) in [6, 6.07) is 14.4. The van der Waals surface area contributed by atoms with E-state index in [1.54, 1.807) is 0 Å². The number of nitrogens with one attached hydrogen (secondary N) is 3. The molecular weight excluding hydrogens is 362 g/mol. The number of para-hydroxylation sites is 1. The van der Waals surface area contributed by atoms with Crippen LogP contribution in [0.3, 0.4) is 0 Å². The van der Waals surface area contributed by atoms with Crippen LogP contribution in [-0.2, 0) is 9.59 Å². The second-order valence-corrected chi connectivity index (χ2v) is 7.24. The second kappa shape index (κ2) is 7.16. The van der Waals surface area contributed by atoms with Crippen LogP contribution in [-0.4, -0.2) is 28.8 Å². The van der Waals surface area contributed by atoms with Crippen molar-refractivity contribution in [3.05, 3.63) is 54.1 Å². The minimum absolute atomic E-state index is 0.00270. The zero-order valence-electron chi connectivity index (χ0n) is 14.5. The molecule has 3 aromatic rings. The van der Waals surface area contributed by atoms with Crippen molar-refractivity contribution in [1.82, 2.24) is 10.3 Å². The summed E-state index contributed by atoms with van der Waals surface area (Å²) >= 11 is 1.45. The standard InChI is InChI=1S/C19H17N5O2S/c1-11-6-8-12(9-7-11)20-17(26)14-10-16(25)23-18(21-14)24-19-22-13-4-2-3-5-15(13)27-19/h2-9,14H,10H2,1H3,(H,20,26)(H2,21,22,23,24,25)/t14-/m1/s1. The maximum absolute atomic E-state index is 12.5. The minimum atomic E-state index is -0.795. The van der Waals surface area contributed by atoms with Gasteiger partial charge in [-0.05, 0) is 31.2 Å². The first-order valence-corrected chi connectivity index (χ1v) is 9.26. The lowest BCUT2D eigenvalue weighted by Crippen LogP contribution is -2.45. The number of amides is 2. The Morgan fingerprint density at radius 2 is 1.96 bits per heavy atom. The van der Waals surface area contributed by atoms with Gasteiger partial charge in [0.1, 0.15) is 6.04 Å². The lowest BCUT2D eigenvalue weighted by molar-refractivity contribution is -0.124. The topological polar surface area (TPSA) is 95.5 Å². The summed E-state index contributed by atoms with van der Waals surface area (Å²) in [4.78, 5) is 33.3. The SMILES string of the molecule is Cc1ccc(NC(=O)[C@H]2CC(=O)NC(Nc3nc4ccccc4s3)=N2)cc1. The highest BCUT2D eigenvalue weighted by atomic mass is 32.1. The molecule has 0 bridgehead atoms. The first kappa shape index (κ1) is 17.2. The fourth-order valence-electron chi connectivity index (χ4n) is 2.70. The van der Waals surface area contributed by atoms with Gasteiger partial charge in [-0.3, -0.25) is 14.9 Å². The number of carbonyl (C=O) groups excluding carboxylic acids is 2. The number of nitrogens with zero attached hydrogens (tertiary/aromatic N) is 2. The van der Waals surface area contributed by atoms with Crippen molar-refractivity contribution in [2.24, 2.45) is 4.99 Å². The van der Waals surface area contributed by atoms with E-state index in [9.17, 15) is 9.59 Å². The van der Waals surface area contributed by atoms with Crippen LogP contribution in [0.25, 0.3) is 10.2 Å². The highest BCUT2D eigenvalue weighted by Gasteiger charge is 2.27. The maximum Gasteiger partial charge on any atom is 0.249 e. The molecule has 0 unspecified atom stereocenters. The van der Waals surface area contributed by atoms with E-state index in [4.69, 9.17) is 0 Å². The van der Waals surface area contributed by atoms with Gasteiger partial charge in [0.2, 0.25) is 17.8 Å². The molecule has 1 aliphatic heterocycles. The molecule has 1 atom stereocenters. The largest absolute Gasteiger partial charge is 0.324 e. The lowest BCUT2D eigenvalue weighted by Gasteiger charge is -2.20. The van der Waals surface area contributed by atoms with Crippen LogP contribution in [0.4, 0.5) is 10.8 Å². The van der Waals surface area contributed by atoms with Gasteiger partial charge in [0, 0.05) is 5.69 Å². The quantitative estimate of drug-likeness (QED) is 0.652. The molecule has 0 fully saturated rings. The Balaban J connectivity index is 1.50. The number of aryl methyl sites for hydroxylation is 1. The number of hydrogen-bond donors (Lipinski definition) is 3. The van der Waals surface area contributed by atoms with Gasteiger partial charge in [0.15, 0.2) is 5.13 Å². The number of aliphatic imine (C=N–C) groups is 1. The molecule has 2 heterocycles. The molecule has 1 aromatic heterocycles. The third-order valence-corrected chi connectivity index (χ3v) is 5.01. The molecule has 3 N–H and O–H groups in total. The molecule has 27 heavy (non-hydrogen) atoms. The Morgan fingerprint density at radius 1 is 1.19 bits per heavy atom. The van der Waals surface area contributed by atoms with Gasteiger partial charge < -0.3 is 10.6 Å². The Bertz CT molecular complexity index is 1010. The summed E-state index contributed by atoms with van der Waals surface area (Å²) in [6.45, 7) is 1.97. The lowest BCUT2D eigenvalue weighted by atomic mass is 10.1. The van der Waals surface area contributed by atoms with E-state index < -0.39 is 6.04 Å². The van der Waals surface area contributed by atoms with Gasteiger partial charge in [-0.25, -0.2) is 9.98 Å². The van der Waals surface area contributed by atoms with E-state index >= 15 is 0 Å². The normalized spacial score (nSPS) is 16.6. The fourth-order valence-corrected chi connectivity index (χ4v) is 3.56. The molecule has 2 aromatic carbocycles. The third-order valence-electron chi connectivity index (χ3n) is 4.06. The summed E-state index contributed by atoms with van der Waals surface area (Å²) in [5.41, 5.74) is 2.64. The predicted octanol–water partition coefficient (Wildman–Crippen LogP) is 2.90. The minimum Gasteiger partial charge on any atom is -0.324 e. The van der Waals surface area contributed by atoms with Gasteiger partial charge >= 0.3 is 0 Å². The van der Waals surface area contributed by atoms with Crippen molar-refractivity contribution in [2.45, 2.75) is 19.4 Å². The number of aromatic nitrogens is 1. The van der Waals surface area contributed by atoms with Crippen LogP contribution in [0.5, 0.6) is 0 Å². The number of rotatable bonds is 3. The molecule has 0 radical (unpaired) electrons. The van der Waals surface area contributed by atoms with Crippen molar-refractivity contribution >= 4 is 50.1 Å². The average Bonchev–Trinajstić information content (AvgIpc) is 3.05. The van der Waals surface area contributed by atoms with Gasteiger partial charge in [-0.1, -0.05) is 41.2 Å². The number of carbonyl (C=O) groups is 2. The molecule has 0 aliphatic carbocycles. The van der Waals surface area contributed by atoms with Crippen molar-refractivity contribution in [3.63, 3.8) is 0 Å². The van der Waals surface area contributed by atoms with Gasteiger partial charge in [-0.2, -0.15) is 0 Å². The maximum atomic E-state index is 12.5. The van der Waals surface area contributed by atoms with Crippen molar-refractivity contribution < 1.29 is 9.59 Å². The van der Waals surface area contributed by atoms with E-state index in [1.807, 2.05) is 55.5 Å². The summed E-state index contributed by atoms with van der Waals surface area (Å²) in [5.74, 6) is -0.357. The van der Waals surface area contributed by atoms with Crippen LogP contribution in [0, 0.1) is 6.92 Å². The molecule has 8 heteroatoms. The zero-order valence-corrected chi connectivity index (χ0v) is 15.3. The number of guanidine groups is 1. The number of anilines is 2. The van der Waals surface area contributed by atoms with Gasteiger partial charge in [-0.15, -0.1) is 0 Å². The number of hydrogen-bond acceptors (Lipinski definition) is 6. The molecule has 0 saturated carbocycles. The first-order valence-electron chi connectivity index (χ1n) is 8.44. The second-order valence-electron chi connectivity index (χ2n) is 6.21. The Hall–Kier alpha value is -3.26. The van der Waals surface area contributed by atoms with Gasteiger partial charge in [0.25, 0.3) is 0 Å². The molecule has 0 saturated heterocycles. The Labute approximate surface area is 159 Å². The van der Waals surface area contributed by atoms with Crippen LogP contribution in [0.1, 0.15) is 12.0 Å². The van der Waals surface area contributed by atoms with E-state index in [-0.39, 0.29) is 24.2 Å². The molecular formula is C19H17N5O2S. The third kappa shape index (κ3) is 3.95. The number of thiazole rings is 1. The number of benzene rings is 2. The predicted molar refractivity (Wildman–Crippen MR) is 107 cm³/mol. The first-order chi connectivity index (χ1) is 13.1. The van der Waals surface area contributed by atoms with Gasteiger partial charge in [0.05, 0.1) is 16.6 Å². The Morgan fingerprint density at radius 3 is 2.74 bits per heavy atom. The monoisotopic (exact) mass is 379 g/mol.